The van der Waals surface area contributed by atoms with Gasteiger partial charge in [0.25, 0.3) is 0 Å². The number of aromatic nitrogens is 1. The molecule has 4 aromatic rings. The highest BCUT2D eigenvalue weighted by atomic mass is 32.2. The molecule has 41 heavy (non-hydrogen) atoms. The fourth-order valence-electron chi connectivity index (χ4n) is 5.31. The molecule has 11 heteroatoms. The van der Waals surface area contributed by atoms with E-state index in [0.29, 0.717) is 36.6 Å². The van der Waals surface area contributed by atoms with Crippen molar-refractivity contribution in [2.45, 2.75) is 55.8 Å². The van der Waals surface area contributed by atoms with Gasteiger partial charge in [0, 0.05) is 34.1 Å². The van der Waals surface area contributed by atoms with E-state index >= 15 is 0 Å². The first kappa shape index (κ1) is 28.8. The largest absolute Gasteiger partial charge is 0.417 e. The van der Waals surface area contributed by atoms with E-state index in [1.54, 1.807) is 24.3 Å². The van der Waals surface area contributed by atoms with Crippen molar-refractivity contribution in [3.05, 3.63) is 89.7 Å². The monoisotopic (exact) mass is 587 g/mol. The van der Waals surface area contributed by atoms with Gasteiger partial charge in [0.1, 0.15) is 5.82 Å². The van der Waals surface area contributed by atoms with Crippen molar-refractivity contribution in [3.8, 4) is 11.3 Å². The van der Waals surface area contributed by atoms with Gasteiger partial charge < -0.3 is 10.3 Å². The van der Waals surface area contributed by atoms with Crippen molar-refractivity contribution >= 4 is 26.8 Å². The molecule has 1 fully saturated rings. The number of amides is 1. The van der Waals surface area contributed by atoms with Crippen molar-refractivity contribution in [3.63, 3.8) is 0 Å². The maximum absolute atomic E-state index is 13.5. The third kappa shape index (κ3) is 6.46. The van der Waals surface area contributed by atoms with E-state index in [1.165, 1.54) is 42.5 Å². The van der Waals surface area contributed by atoms with Crippen LogP contribution in [0.5, 0.6) is 0 Å². The summed E-state index contributed by atoms with van der Waals surface area (Å²) in [7, 11) is -3.92. The van der Waals surface area contributed by atoms with Crippen LogP contribution in [0.2, 0.25) is 0 Å². The fraction of sp³-hybridized carbons (Fsp3) is 0.300. The number of H-pyrrole nitrogens is 1. The first-order chi connectivity index (χ1) is 19.4. The Hall–Kier alpha value is -3.70. The number of halogens is 4. The van der Waals surface area contributed by atoms with Crippen LogP contribution in [0.3, 0.4) is 0 Å². The lowest BCUT2D eigenvalue weighted by Gasteiger charge is -2.29. The van der Waals surface area contributed by atoms with Gasteiger partial charge in [-0.3, -0.25) is 4.79 Å². The highest BCUT2D eigenvalue weighted by Gasteiger charge is 2.34. The Balaban J connectivity index is 1.23. The van der Waals surface area contributed by atoms with Gasteiger partial charge in [-0.2, -0.15) is 13.2 Å². The minimum Gasteiger partial charge on any atom is -0.354 e. The van der Waals surface area contributed by atoms with Crippen LogP contribution in [-0.2, 0) is 21.0 Å². The summed E-state index contributed by atoms with van der Waals surface area (Å²) >= 11 is 0. The lowest BCUT2D eigenvalue weighted by molar-refractivity contribution is -0.137. The summed E-state index contributed by atoms with van der Waals surface area (Å²) in [5, 5.41) is 3.53. The minimum atomic E-state index is -4.53. The Morgan fingerprint density at radius 2 is 1.63 bits per heavy atom. The molecule has 3 aromatic carbocycles. The third-order valence-corrected chi connectivity index (χ3v) is 9.09. The molecule has 0 radical (unpaired) electrons. The second-order valence-corrected chi connectivity index (χ2v) is 12.1. The molecule has 0 saturated heterocycles. The number of fused-ring (bicyclic) bond motifs is 1. The Kier molecular flexibility index (Phi) is 7.93. The molecule has 1 heterocycles. The van der Waals surface area contributed by atoms with Crippen LogP contribution < -0.4 is 10.0 Å². The molecule has 0 unspecified atom stereocenters. The van der Waals surface area contributed by atoms with Gasteiger partial charge in [-0.25, -0.2) is 17.5 Å². The summed E-state index contributed by atoms with van der Waals surface area (Å²) < 4.78 is 82.7. The van der Waals surface area contributed by atoms with Gasteiger partial charge in [-0.05, 0) is 74.6 Å². The number of alkyl halides is 3. The molecule has 0 aliphatic heterocycles. The lowest BCUT2D eigenvalue weighted by atomic mass is 9.85. The summed E-state index contributed by atoms with van der Waals surface area (Å²) in [6, 6.07) is 16.5. The first-order valence-electron chi connectivity index (χ1n) is 13.3. The average Bonchev–Trinajstić information content (AvgIpc) is 3.37. The molecular weight excluding hydrogens is 558 g/mol. The number of hydrogen-bond donors (Lipinski definition) is 3. The zero-order valence-corrected chi connectivity index (χ0v) is 23.0. The zero-order chi connectivity index (χ0) is 29.4. The van der Waals surface area contributed by atoms with E-state index in [-0.39, 0.29) is 45.9 Å². The molecule has 0 bridgehead atoms. The van der Waals surface area contributed by atoms with Crippen molar-refractivity contribution in [2.24, 2.45) is 5.92 Å². The van der Waals surface area contributed by atoms with E-state index in [1.807, 2.05) is 6.92 Å². The molecule has 5 rings (SSSR count). The van der Waals surface area contributed by atoms with Gasteiger partial charge >= 0.3 is 6.18 Å². The normalized spacial score (nSPS) is 18.8. The highest BCUT2D eigenvalue weighted by molar-refractivity contribution is 7.89. The van der Waals surface area contributed by atoms with Crippen molar-refractivity contribution in [1.82, 2.24) is 15.0 Å². The predicted molar refractivity (Wildman–Crippen MR) is 148 cm³/mol. The van der Waals surface area contributed by atoms with E-state index in [9.17, 15) is 30.8 Å². The second-order valence-electron chi connectivity index (χ2n) is 10.4. The number of benzene rings is 3. The Morgan fingerprint density at radius 3 is 2.32 bits per heavy atom. The van der Waals surface area contributed by atoms with Crippen LogP contribution >= 0.6 is 0 Å². The molecule has 0 spiro atoms. The summed E-state index contributed by atoms with van der Waals surface area (Å²) in [6.45, 7) is 1.82. The molecule has 3 N–H and O–H groups in total. The summed E-state index contributed by atoms with van der Waals surface area (Å²) in [5.74, 6) is -0.729. The van der Waals surface area contributed by atoms with E-state index < -0.39 is 21.8 Å². The van der Waals surface area contributed by atoms with E-state index in [4.69, 9.17) is 0 Å². The van der Waals surface area contributed by atoms with Crippen molar-refractivity contribution in [1.29, 1.82) is 0 Å². The summed E-state index contributed by atoms with van der Waals surface area (Å²) in [5.41, 5.74) is 0.620. The lowest BCUT2D eigenvalue weighted by Crippen LogP contribution is -2.41. The topological polar surface area (TPSA) is 91.1 Å². The van der Waals surface area contributed by atoms with E-state index in [0.717, 1.165) is 11.6 Å². The molecule has 1 aromatic heterocycles. The molecule has 1 amide bonds. The van der Waals surface area contributed by atoms with Gasteiger partial charge in [0.15, 0.2) is 0 Å². The third-order valence-electron chi connectivity index (χ3n) is 7.58. The number of sulfonamides is 1. The average molecular weight is 588 g/mol. The number of carbonyl (C=O) groups is 1. The van der Waals surface area contributed by atoms with Crippen molar-refractivity contribution in [2.75, 3.05) is 0 Å². The Morgan fingerprint density at radius 1 is 0.951 bits per heavy atom. The fourth-order valence-corrected chi connectivity index (χ4v) is 6.64. The van der Waals surface area contributed by atoms with E-state index in [2.05, 4.69) is 15.0 Å². The standard InChI is InChI=1S/C30H29F4N3O3S/c1-18(19-6-11-22(31)12-7-19)35-29(38)20-8-13-23(14-9-20)37-41(39,40)24-15-10-21-16-28(36-27(21)17-24)25-4-2-3-5-26(25)30(32,33)34/h2-7,10-12,15-18,20,23,36-37H,8-9,13-14H2,1H3,(H,35,38)/t18-,20?,23?/m1/s1. The number of carbonyl (C=O) groups excluding carboxylic acids is 1. The zero-order valence-electron chi connectivity index (χ0n) is 22.1. The molecule has 1 aliphatic rings. The number of aromatic amines is 1. The number of nitrogens with one attached hydrogen (secondary N) is 3. The van der Waals surface area contributed by atoms with Gasteiger partial charge in [0.2, 0.25) is 15.9 Å². The molecular formula is C30H29F4N3O3S. The van der Waals surface area contributed by atoms with Crippen LogP contribution in [0.25, 0.3) is 22.2 Å². The van der Waals surface area contributed by atoms with Gasteiger partial charge in [0.05, 0.1) is 16.5 Å². The van der Waals surface area contributed by atoms with Gasteiger partial charge in [-0.15, -0.1) is 0 Å². The number of rotatable bonds is 7. The SMILES string of the molecule is C[C@@H](NC(=O)C1CCC(NS(=O)(=O)c2ccc3cc(-c4ccccc4C(F)(F)F)[nH]c3c2)CC1)c1ccc(F)cc1. The molecule has 1 saturated carbocycles. The van der Waals surface area contributed by atoms with Gasteiger partial charge in [-0.1, -0.05) is 36.4 Å². The molecule has 216 valence electrons. The molecule has 1 aliphatic carbocycles. The predicted octanol–water partition coefficient (Wildman–Crippen LogP) is 6.71. The Bertz CT molecular complexity index is 1660. The smallest absolute Gasteiger partial charge is 0.354 e. The Labute approximate surface area is 235 Å². The molecule has 6 nitrogen and oxygen atoms in total. The number of hydrogen-bond acceptors (Lipinski definition) is 3. The van der Waals surface area contributed by atoms with Crippen LogP contribution in [0, 0.1) is 11.7 Å². The van der Waals surface area contributed by atoms with Crippen molar-refractivity contribution < 1.29 is 30.8 Å². The maximum atomic E-state index is 13.5. The summed E-state index contributed by atoms with van der Waals surface area (Å²) in [6.07, 6.45) is -2.57. The summed E-state index contributed by atoms with van der Waals surface area (Å²) in [4.78, 5) is 15.7. The quantitative estimate of drug-likeness (QED) is 0.210. The van der Waals surface area contributed by atoms with Crippen LogP contribution in [-0.4, -0.2) is 25.4 Å². The molecule has 1 atom stereocenters. The first-order valence-corrected chi connectivity index (χ1v) is 14.8. The van der Waals surface area contributed by atoms with Crippen LogP contribution in [0.4, 0.5) is 17.6 Å². The maximum Gasteiger partial charge on any atom is 0.417 e. The van der Waals surface area contributed by atoms with Crippen LogP contribution in [0.15, 0.2) is 77.7 Å². The highest BCUT2D eigenvalue weighted by Crippen LogP contribution is 2.38. The van der Waals surface area contributed by atoms with Crippen LogP contribution in [0.1, 0.15) is 49.8 Å². The second kappa shape index (κ2) is 11.3. The minimum absolute atomic E-state index is 0.00417.